The van der Waals surface area contributed by atoms with Crippen LogP contribution in [0, 0.1) is 0 Å². The van der Waals surface area contributed by atoms with Gasteiger partial charge in [-0.3, -0.25) is 19.1 Å². The molecule has 0 aliphatic carbocycles. The standard InChI is InChI=1S/C23H23N5O3/c1-16(29)25-19-9-7-18(8-10-19)23(31)27-11-12-28-20(15-27)13-21(26-28)22(30)24-14-17-5-3-2-4-6-17/h2-10,13H,11-12,14-15H2,1H3,(H,24,30)(H,25,29). The Morgan fingerprint density at radius 2 is 1.74 bits per heavy atom. The summed E-state index contributed by atoms with van der Waals surface area (Å²) in [6, 6.07) is 18.2. The minimum Gasteiger partial charge on any atom is -0.347 e. The average Bonchev–Trinajstić information content (AvgIpc) is 3.21. The smallest absolute Gasteiger partial charge is 0.272 e. The predicted molar refractivity (Wildman–Crippen MR) is 115 cm³/mol. The van der Waals surface area contributed by atoms with Gasteiger partial charge in [-0.25, -0.2) is 0 Å². The van der Waals surface area contributed by atoms with Crippen LogP contribution in [-0.2, 0) is 24.4 Å². The maximum absolute atomic E-state index is 12.9. The first-order valence-corrected chi connectivity index (χ1v) is 10.1. The zero-order valence-corrected chi connectivity index (χ0v) is 17.2. The van der Waals surface area contributed by atoms with Crippen molar-refractivity contribution in [2.24, 2.45) is 0 Å². The van der Waals surface area contributed by atoms with Gasteiger partial charge in [0.25, 0.3) is 11.8 Å². The highest BCUT2D eigenvalue weighted by Gasteiger charge is 2.24. The maximum atomic E-state index is 12.9. The van der Waals surface area contributed by atoms with Gasteiger partial charge in [0, 0.05) is 31.3 Å². The topological polar surface area (TPSA) is 96.3 Å². The number of benzene rings is 2. The van der Waals surface area contributed by atoms with Gasteiger partial charge in [-0.1, -0.05) is 30.3 Å². The van der Waals surface area contributed by atoms with Gasteiger partial charge < -0.3 is 15.5 Å². The first-order valence-electron chi connectivity index (χ1n) is 10.1. The number of nitrogens with zero attached hydrogens (tertiary/aromatic N) is 3. The SMILES string of the molecule is CC(=O)Nc1ccc(C(=O)N2CCn3nc(C(=O)NCc4ccccc4)cc3C2)cc1. The fraction of sp³-hybridized carbons (Fsp3) is 0.217. The summed E-state index contributed by atoms with van der Waals surface area (Å²) in [6.45, 7) is 3.28. The highest BCUT2D eigenvalue weighted by molar-refractivity contribution is 5.96. The Hall–Kier alpha value is -3.94. The van der Waals surface area contributed by atoms with Crippen molar-refractivity contribution in [3.8, 4) is 0 Å². The maximum Gasteiger partial charge on any atom is 0.272 e. The lowest BCUT2D eigenvalue weighted by Gasteiger charge is -2.27. The van der Waals surface area contributed by atoms with Crippen molar-refractivity contribution in [2.75, 3.05) is 11.9 Å². The van der Waals surface area contributed by atoms with Gasteiger partial charge in [-0.05, 0) is 35.9 Å². The molecule has 158 valence electrons. The number of aromatic nitrogens is 2. The predicted octanol–water partition coefficient (Wildman–Crippen LogP) is 2.43. The zero-order valence-electron chi connectivity index (χ0n) is 17.2. The quantitative estimate of drug-likeness (QED) is 0.666. The third kappa shape index (κ3) is 4.80. The van der Waals surface area contributed by atoms with Crippen molar-refractivity contribution in [1.82, 2.24) is 20.0 Å². The lowest BCUT2D eigenvalue weighted by Crippen LogP contribution is -2.38. The van der Waals surface area contributed by atoms with Crippen molar-refractivity contribution in [3.63, 3.8) is 0 Å². The van der Waals surface area contributed by atoms with Crippen LogP contribution < -0.4 is 10.6 Å². The molecule has 4 rings (SSSR count). The lowest BCUT2D eigenvalue weighted by atomic mass is 10.1. The van der Waals surface area contributed by atoms with Crippen molar-refractivity contribution < 1.29 is 14.4 Å². The number of hydrogen-bond acceptors (Lipinski definition) is 4. The van der Waals surface area contributed by atoms with Gasteiger partial charge in [0.2, 0.25) is 5.91 Å². The van der Waals surface area contributed by atoms with Crippen LogP contribution in [-0.4, -0.2) is 38.9 Å². The molecule has 0 unspecified atom stereocenters. The van der Waals surface area contributed by atoms with E-state index in [1.54, 1.807) is 39.9 Å². The van der Waals surface area contributed by atoms with E-state index in [-0.39, 0.29) is 17.7 Å². The van der Waals surface area contributed by atoms with E-state index in [0.717, 1.165) is 11.3 Å². The summed E-state index contributed by atoms with van der Waals surface area (Å²) in [5, 5.41) is 9.96. The summed E-state index contributed by atoms with van der Waals surface area (Å²) in [5.74, 6) is -0.499. The lowest BCUT2D eigenvalue weighted by molar-refractivity contribution is -0.114. The van der Waals surface area contributed by atoms with Crippen LogP contribution in [0.25, 0.3) is 0 Å². The molecule has 0 spiro atoms. The van der Waals surface area contributed by atoms with Crippen LogP contribution in [0.5, 0.6) is 0 Å². The van der Waals surface area contributed by atoms with E-state index >= 15 is 0 Å². The molecule has 8 heteroatoms. The number of carbonyl (C=O) groups is 3. The Kier molecular flexibility index (Phi) is 5.79. The minimum atomic E-state index is -0.239. The van der Waals surface area contributed by atoms with E-state index in [2.05, 4.69) is 15.7 Å². The van der Waals surface area contributed by atoms with Crippen molar-refractivity contribution in [1.29, 1.82) is 0 Å². The molecule has 3 aromatic rings. The average molecular weight is 417 g/mol. The third-order valence-corrected chi connectivity index (χ3v) is 5.07. The normalized spacial score (nSPS) is 12.7. The van der Waals surface area contributed by atoms with Crippen LogP contribution in [0.4, 0.5) is 5.69 Å². The second-order valence-electron chi connectivity index (χ2n) is 7.40. The molecule has 0 fully saturated rings. The number of nitrogens with one attached hydrogen (secondary N) is 2. The number of carbonyl (C=O) groups excluding carboxylic acids is 3. The van der Waals surface area contributed by atoms with E-state index in [1.165, 1.54) is 6.92 Å². The largest absolute Gasteiger partial charge is 0.347 e. The molecule has 1 aliphatic heterocycles. The van der Waals surface area contributed by atoms with E-state index < -0.39 is 0 Å². The number of fused-ring (bicyclic) bond motifs is 1. The van der Waals surface area contributed by atoms with Gasteiger partial charge >= 0.3 is 0 Å². The molecular formula is C23H23N5O3. The molecule has 1 aromatic heterocycles. The molecule has 0 bridgehead atoms. The van der Waals surface area contributed by atoms with E-state index in [4.69, 9.17) is 0 Å². The number of hydrogen-bond donors (Lipinski definition) is 2. The minimum absolute atomic E-state index is 0.100. The van der Waals surface area contributed by atoms with Gasteiger partial charge in [0.15, 0.2) is 5.69 Å². The Bertz CT molecular complexity index is 1110. The summed E-state index contributed by atoms with van der Waals surface area (Å²) in [5.41, 5.74) is 3.37. The Morgan fingerprint density at radius 3 is 2.45 bits per heavy atom. The number of rotatable bonds is 5. The van der Waals surface area contributed by atoms with Crippen molar-refractivity contribution >= 4 is 23.4 Å². The van der Waals surface area contributed by atoms with Gasteiger partial charge in [0.05, 0.1) is 18.8 Å². The second kappa shape index (κ2) is 8.83. The molecule has 0 atom stereocenters. The van der Waals surface area contributed by atoms with Gasteiger partial charge in [-0.2, -0.15) is 5.10 Å². The molecule has 0 saturated heterocycles. The van der Waals surface area contributed by atoms with Crippen molar-refractivity contribution in [2.45, 2.75) is 26.6 Å². The van der Waals surface area contributed by atoms with Crippen LogP contribution in [0.15, 0.2) is 60.7 Å². The van der Waals surface area contributed by atoms with Gasteiger partial charge in [0.1, 0.15) is 0 Å². The van der Waals surface area contributed by atoms with E-state index in [9.17, 15) is 14.4 Å². The first kappa shape index (κ1) is 20.3. The molecule has 0 radical (unpaired) electrons. The fourth-order valence-electron chi connectivity index (χ4n) is 3.50. The monoisotopic (exact) mass is 417 g/mol. The first-order chi connectivity index (χ1) is 15.0. The highest BCUT2D eigenvalue weighted by Crippen LogP contribution is 2.18. The summed E-state index contributed by atoms with van der Waals surface area (Å²) in [4.78, 5) is 38.2. The molecule has 0 saturated carbocycles. The molecular weight excluding hydrogens is 394 g/mol. The summed E-state index contributed by atoms with van der Waals surface area (Å²) in [7, 11) is 0. The highest BCUT2D eigenvalue weighted by atomic mass is 16.2. The molecule has 31 heavy (non-hydrogen) atoms. The molecule has 2 aromatic carbocycles. The van der Waals surface area contributed by atoms with Crippen LogP contribution in [0.3, 0.4) is 0 Å². The Labute approximate surface area is 179 Å². The summed E-state index contributed by atoms with van der Waals surface area (Å²) in [6.07, 6.45) is 0. The number of amides is 3. The van der Waals surface area contributed by atoms with Crippen molar-refractivity contribution in [3.05, 3.63) is 83.2 Å². The number of anilines is 1. The second-order valence-corrected chi connectivity index (χ2v) is 7.40. The Morgan fingerprint density at radius 1 is 1.00 bits per heavy atom. The zero-order chi connectivity index (χ0) is 21.8. The molecule has 2 N–H and O–H groups in total. The van der Waals surface area contributed by atoms with E-state index in [0.29, 0.717) is 43.1 Å². The van der Waals surface area contributed by atoms with Crippen LogP contribution >= 0.6 is 0 Å². The Balaban J connectivity index is 1.39. The third-order valence-electron chi connectivity index (χ3n) is 5.07. The summed E-state index contributed by atoms with van der Waals surface area (Å²) >= 11 is 0. The van der Waals surface area contributed by atoms with E-state index in [1.807, 2.05) is 30.3 Å². The molecule has 8 nitrogen and oxygen atoms in total. The van der Waals surface area contributed by atoms with Crippen LogP contribution in [0.1, 0.15) is 39.0 Å². The van der Waals surface area contributed by atoms with Crippen LogP contribution in [0.2, 0.25) is 0 Å². The molecule has 3 amide bonds. The molecule has 1 aliphatic rings. The van der Waals surface area contributed by atoms with Gasteiger partial charge in [-0.15, -0.1) is 0 Å². The molecule has 2 heterocycles. The fourth-order valence-corrected chi connectivity index (χ4v) is 3.50. The summed E-state index contributed by atoms with van der Waals surface area (Å²) < 4.78 is 1.78.